The molecule has 1 amide bonds. The van der Waals surface area contributed by atoms with Gasteiger partial charge in [0.15, 0.2) is 11.9 Å². The Hall–Kier alpha value is -3.81. The molecule has 2 aliphatic heterocycles. The molecular weight excluding hydrogens is 559 g/mol. The normalized spacial score (nSPS) is 18.0. The summed E-state index contributed by atoms with van der Waals surface area (Å²) in [5.41, 5.74) is -1.06. The molecule has 2 aromatic heterocycles. The van der Waals surface area contributed by atoms with Crippen LogP contribution in [0.5, 0.6) is 5.75 Å². The van der Waals surface area contributed by atoms with Crippen LogP contribution in [0, 0.1) is 11.6 Å². The molecule has 212 valence electrons. The third-order valence-corrected chi connectivity index (χ3v) is 7.92. The zero-order valence-corrected chi connectivity index (χ0v) is 21.9. The van der Waals surface area contributed by atoms with E-state index in [1.165, 1.54) is 22.3 Å². The van der Waals surface area contributed by atoms with Crippen LogP contribution in [-0.2, 0) is 22.4 Å². The maximum absolute atomic E-state index is 14.1. The average molecular weight is 583 g/mol. The minimum atomic E-state index is -4.71. The van der Waals surface area contributed by atoms with Crippen molar-refractivity contribution in [2.45, 2.75) is 44.0 Å². The standard InChI is InChI=1S/C26H23F5N4O4S/c1-38-21-9-15(26(29,30)31)11-35(25(21)37)12-22(36)34-7-5-14(6-8-34)24-32-19(13-40-24)18-10-20(39-33-18)23-16(27)3-2-4-17(23)28/h2-4,9,11,13-14,20H,5-8,10,12H2,1H3. The van der Waals surface area contributed by atoms with Crippen LogP contribution >= 0.6 is 11.3 Å². The Labute approximate surface area is 228 Å². The van der Waals surface area contributed by atoms with E-state index in [9.17, 15) is 31.5 Å². The van der Waals surface area contributed by atoms with Gasteiger partial charge in [-0.3, -0.25) is 9.59 Å². The van der Waals surface area contributed by atoms with Gasteiger partial charge in [0.05, 0.1) is 28.9 Å². The van der Waals surface area contributed by atoms with Gasteiger partial charge < -0.3 is 19.0 Å². The quantitative estimate of drug-likeness (QED) is 0.387. The van der Waals surface area contributed by atoms with E-state index in [0.29, 0.717) is 54.2 Å². The average Bonchev–Trinajstić information content (AvgIpc) is 3.60. The highest BCUT2D eigenvalue weighted by molar-refractivity contribution is 7.10. The van der Waals surface area contributed by atoms with E-state index in [1.54, 1.807) is 5.38 Å². The second-order valence-electron chi connectivity index (χ2n) is 9.43. The summed E-state index contributed by atoms with van der Waals surface area (Å²) in [6, 6.07) is 4.21. The Morgan fingerprint density at radius 1 is 1.20 bits per heavy atom. The summed E-state index contributed by atoms with van der Waals surface area (Å²) < 4.78 is 73.4. The van der Waals surface area contributed by atoms with Crippen LogP contribution in [0.3, 0.4) is 0 Å². The number of carbonyl (C=O) groups is 1. The topological polar surface area (TPSA) is 86.0 Å². The fraction of sp³-hybridized carbons (Fsp3) is 0.385. The number of oxime groups is 1. The van der Waals surface area contributed by atoms with E-state index in [1.807, 2.05) is 0 Å². The number of hydrogen-bond acceptors (Lipinski definition) is 7. The molecule has 14 heteroatoms. The lowest BCUT2D eigenvalue weighted by atomic mass is 9.97. The summed E-state index contributed by atoms with van der Waals surface area (Å²) in [5, 5.41) is 6.59. The van der Waals surface area contributed by atoms with Crippen molar-refractivity contribution in [1.29, 1.82) is 0 Å². The van der Waals surface area contributed by atoms with Crippen LogP contribution in [0.4, 0.5) is 22.0 Å². The predicted octanol–water partition coefficient (Wildman–Crippen LogP) is 4.88. The molecule has 8 nitrogen and oxygen atoms in total. The van der Waals surface area contributed by atoms with Crippen molar-refractivity contribution in [3.05, 3.63) is 79.7 Å². The van der Waals surface area contributed by atoms with Crippen LogP contribution in [0.15, 0.2) is 45.8 Å². The number of likely N-dealkylation sites (tertiary alicyclic amines) is 1. The summed E-state index contributed by atoms with van der Waals surface area (Å²) in [6.45, 7) is 0.124. The molecule has 0 N–H and O–H groups in total. The summed E-state index contributed by atoms with van der Waals surface area (Å²) >= 11 is 1.40. The Morgan fingerprint density at radius 3 is 2.55 bits per heavy atom. The van der Waals surface area contributed by atoms with E-state index in [4.69, 9.17) is 9.57 Å². The van der Waals surface area contributed by atoms with Crippen molar-refractivity contribution in [2.24, 2.45) is 5.16 Å². The molecular formula is C26H23F5N4O4S. The minimum absolute atomic E-state index is 0.0295. The molecule has 0 spiro atoms. The van der Waals surface area contributed by atoms with Crippen molar-refractivity contribution in [1.82, 2.24) is 14.5 Å². The number of benzene rings is 1. The molecule has 1 fully saturated rings. The molecule has 5 rings (SSSR count). The van der Waals surface area contributed by atoms with Crippen LogP contribution in [0.1, 0.15) is 53.1 Å². The van der Waals surface area contributed by atoms with Crippen LogP contribution < -0.4 is 10.3 Å². The lowest BCUT2D eigenvalue weighted by Gasteiger charge is -2.31. The fourth-order valence-corrected chi connectivity index (χ4v) is 5.76. The first kappa shape index (κ1) is 27.7. The molecule has 1 atom stereocenters. The summed E-state index contributed by atoms with van der Waals surface area (Å²) in [5.74, 6) is -2.37. The second kappa shape index (κ2) is 11.0. The molecule has 3 aromatic rings. The maximum Gasteiger partial charge on any atom is 0.417 e. The van der Waals surface area contributed by atoms with Gasteiger partial charge in [-0.25, -0.2) is 13.8 Å². The van der Waals surface area contributed by atoms with Gasteiger partial charge in [0.2, 0.25) is 5.91 Å². The fourth-order valence-electron chi connectivity index (χ4n) is 4.76. The van der Waals surface area contributed by atoms with Gasteiger partial charge in [0.1, 0.15) is 23.9 Å². The first-order chi connectivity index (χ1) is 19.0. The number of ether oxygens (including phenoxy) is 1. The van der Waals surface area contributed by atoms with E-state index in [0.717, 1.165) is 24.3 Å². The number of carbonyl (C=O) groups excluding carboxylic acids is 1. The molecule has 1 aromatic carbocycles. The van der Waals surface area contributed by atoms with Crippen molar-refractivity contribution in [3.63, 3.8) is 0 Å². The third kappa shape index (κ3) is 5.58. The zero-order chi connectivity index (χ0) is 28.6. The first-order valence-electron chi connectivity index (χ1n) is 12.3. The maximum atomic E-state index is 14.1. The van der Waals surface area contributed by atoms with Gasteiger partial charge in [-0.05, 0) is 31.0 Å². The summed E-state index contributed by atoms with van der Waals surface area (Å²) in [6.07, 6.45) is -3.69. The molecule has 1 unspecified atom stereocenters. The largest absolute Gasteiger partial charge is 0.491 e. The third-order valence-electron chi connectivity index (χ3n) is 6.91. The highest BCUT2D eigenvalue weighted by atomic mass is 32.1. The van der Waals surface area contributed by atoms with Gasteiger partial charge in [-0.2, -0.15) is 13.2 Å². The van der Waals surface area contributed by atoms with Gasteiger partial charge >= 0.3 is 6.18 Å². The monoisotopic (exact) mass is 582 g/mol. The number of aromatic nitrogens is 2. The van der Waals surface area contributed by atoms with Gasteiger partial charge in [-0.1, -0.05) is 11.2 Å². The lowest BCUT2D eigenvalue weighted by molar-refractivity contribution is -0.139. The Morgan fingerprint density at radius 2 is 1.90 bits per heavy atom. The molecule has 4 heterocycles. The van der Waals surface area contributed by atoms with Gasteiger partial charge in [0, 0.05) is 37.0 Å². The number of halogens is 5. The Kier molecular flexibility index (Phi) is 7.62. The van der Waals surface area contributed by atoms with Crippen LogP contribution in [0.2, 0.25) is 0 Å². The number of alkyl halides is 3. The second-order valence-corrected chi connectivity index (χ2v) is 10.3. The SMILES string of the molecule is COc1cc(C(F)(F)F)cn(CC(=O)N2CCC(c3nc(C4=NOC(c5c(F)cccc5F)C4)cs3)CC2)c1=O. The molecule has 1 saturated heterocycles. The number of thiazole rings is 1. The molecule has 0 radical (unpaired) electrons. The summed E-state index contributed by atoms with van der Waals surface area (Å²) in [7, 11) is 1.09. The van der Waals surface area contributed by atoms with Crippen LogP contribution in [0.25, 0.3) is 0 Å². The minimum Gasteiger partial charge on any atom is -0.491 e. The predicted molar refractivity (Wildman–Crippen MR) is 134 cm³/mol. The van der Waals surface area contributed by atoms with Crippen molar-refractivity contribution < 1.29 is 36.3 Å². The van der Waals surface area contributed by atoms with E-state index >= 15 is 0 Å². The van der Waals surface area contributed by atoms with E-state index in [-0.39, 0.29) is 17.9 Å². The number of nitrogens with zero attached hydrogens (tertiary/aromatic N) is 4. The van der Waals surface area contributed by atoms with Gasteiger partial charge in [-0.15, -0.1) is 11.3 Å². The smallest absolute Gasteiger partial charge is 0.417 e. The van der Waals surface area contributed by atoms with Gasteiger partial charge in [0.25, 0.3) is 5.56 Å². The number of rotatable bonds is 6. The lowest BCUT2D eigenvalue weighted by Crippen LogP contribution is -2.41. The highest BCUT2D eigenvalue weighted by Crippen LogP contribution is 2.35. The number of pyridine rings is 1. The number of methoxy groups -OCH3 is 1. The number of piperidine rings is 1. The zero-order valence-electron chi connectivity index (χ0n) is 21.1. The van der Waals surface area contributed by atoms with Crippen molar-refractivity contribution >= 4 is 23.0 Å². The molecule has 40 heavy (non-hydrogen) atoms. The molecule has 0 aliphatic carbocycles. The van der Waals surface area contributed by atoms with Crippen molar-refractivity contribution in [3.8, 4) is 5.75 Å². The van der Waals surface area contributed by atoms with E-state index < -0.39 is 53.2 Å². The molecule has 2 aliphatic rings. The summed E-state index contributed by atoms with van der Waals surface area (Å²) in [4.78, 5) is 36.7. The number of amides is 1. The van der Waals surface area contributed by atoms with E-state index in [2.05, 4.69) is 10.1 Å². The Bertz CT molecular complexity index is 1490. The van der Waals surface area contributed by atoms with Crippen LogP contribution in [-0.4, -0.2) is 46.3 Å². The molecule has 0 saturated carbocycles. The first-order valence-corrected chi connectivity index (χ1v) is 13.2. The Balaban J connectivity index is 1.20. The molecule has 0 bridgehead atoms. The highest BCUT2D eigenvalue weighted by Gasteiger charge is 2.34. The number of hydrogen-bond donors (Lipinski definition) is 0. The van der Waals surface area contributed by atoms with Crippen molar-refractivity contribution in [2.75, 3.05) is 20.2 Å².